The molecule has 0 N–H and O–H groups in total. The van der Waals surface area contributed by atoms with E-state index in [2.05, 4.69) is 4.74 Å². The molecule has 3 nitrogen and oxygen atoms in total. The van der Waals surface area contributed by atoms with E-state index in [4.69, 9.17) is 5.26 Å². The van der Waals surface area contributed by atoms with Crippen molar-refractivity contribution in [2.24, 2.45) is 0 Å². The lowest BCUT2D eigenvalue weighted by Gasteiger charge is -2.03. The highest BCUT2D eigenvalue weighted by Gasteiger charge is 2.11. The normalized spacial score (nSPS) is 9.83. The topological polar surface area (TPSA) is 50.1 Å². The van der Waals surface area contributed by atoms with Gasteiger partial charge in [-0.1, -0.05) is 0 Å². The molecule has 2 rings (SSSR count). The lowest BCUT2D eigenvalue weighted by molar-refractivity contribution is 0.0600. The number of thiophene rings is 1. The summed E-state index contributed by atoms with van der Waals surface area (Å²) in [5, 5.41) is 8.75. The van der Waals surface area contributed by atoms with Crippen molar-refractivity contribution < 1.29 is 13.9 Å². The van der Waals surface area contributed by atoms with E-state index >= 15 is 0 Å². The predicted octanol–water partition coefficient (Wildman–Crippen LogP) is 3.21. The van der Waals surface area contributed by atoms with Gasteiger partial charge in [-0.2, -0.15) is 5.26 Å². The van der Waals surface area contributed by atoms with Gasteiger partial charge in [0, 0.05) is 4.88 Å². The van der Waals surface area contributed by atoms with E-state index in [0.717, 1.165) is 10.9 Å². The van der Waals surface area contributed by atoms with E-state index < -0.39 is 11.8 Å². The van der Waals surface area contributed by atoms with Crippen LogP contribution >= 0.6 is 11.3 Å². The highest BCUT2D eigenvalue weighted by Crippen LogP contribution is 2.29. The van der Waals surface area contributed by atoms with Crippen LogP contribution in [0.15, 0.2) is 30.3 Å². The molecular formula is C13H8FNO2S. The standard InChI is InChI=1S/C13H8FNO2S/c1-17-13(16)9-4-8(5-10(14)6-9)12-3-2-11(7-15)18-12/h2-6H,1H3. The zero-order valence-electron chi connectivity index (χ0n) is 9.44. The van der Waals surface area contributed by atoms with Crippen molar-refractivity contribution in [1.29, 1.82) is 5.26 Å². The fraction of sp³-hybridized carbons (Fsp3) is 0.0769. The minimum absolute atomic E-state index is 0.152. The van der Waals surface area contributed by atoms with Crippen LogP contribution in [-0.2, 0) is 4.74 Å². The Kier molecular flexibility index (Phi) is 3.40. The summed E-state index contributed by atoms with van der Waals surface area (Å²) in [5.74, 6) is -1.10. The van der Waals surface area contributed by atoms with Gasteiger partial charge in [-0.05, 0) is 35.9 Å². The Labute approximate surface area is 107 Å². The first-order valence-corrected chi connectivity index (χ1v) is 5.85. The molecular weight excluding hydrogens is 253 g/mol. The number of hydrogen-bond donors (Lipinski definition) is 0. The first-order valence-electron chi connectivity index (χ1n) is 5.03. The van der Waals surface area contributed by atoms with Gasteiger partial charge in [0.1, 0.15) is 16.8 Å². The van der Waals surface area contributed by atoms with Crippen molar-refractivity contribution in [3.8, 4) is 16.5 Å². The number of rotatable bonds is 2. The van der Waals surface area contributed by atoms with Crippen molar-refractivity contribution in [1.82, 2.24) is 0 Å². The Morgan fingerprint density at radius 1 is 1.39 bits per heavy atom. The molecule has 0 unspecified atom stereocenters. The van der Waals surface area contributed by atoms with Crippen molar-refractivity contribution >= 4 is 17.3 Å². The van der Waals surface area contributed by atoms with Gasteiger partial charge < -0.3 is 4.74 Å². The smallest absolute Gasteiger partial charge is 0.337 e. The summed E-state index contributed by atoms with van der Waals surface area (Å²) in [6, 6.07) is 9.37. The van der Waals surface area contributed by atoms with E-state index in [1.165, 1.54) is 24.5 Å². The van der Waals surface area contributed by atoms with E-state index in [9.17, 15) is 9.18 Å². The van der Waals surface area contributed by atoms with Gasteiger partial charge in [0.25, 0.3) is 0 Å². The average molecular weight is 261 g/mol. The van der Waals surface area contributed by atoms with Gasteiger partial charge in [0.05, 0.1) is 12.7 Å². The molecule has 18 heavy (non-hydrogen) atoms. The quantitative estimate of drug-likeness (QED) is 0.780. The number of methoxy groups -OCH3 is 1. The van der Waals surface area contributed by atoms with Crippen LogP contribution in [0.2, 0.25) is 0 Å². The molecule has 0 atom stereocenters. The second-order valence-corrected chi connectivity index (χ2v) is 4.58. The number of ether oxygens (including phenoxy) is 1. The first kappa shape index (κ1) is 12.3. The summed E-state index contributed by atoms with van der Waals surface area (Å²) >= 11 is 1.24. The Bertz CT molecular complexity index is 643. The predicted molar refractivity (Wildman–Crippen MR) is 65.8 cm³/mol. The molecule has 1 heterocycles. The fourth-order valence-corrected chi connectivity index (χ4v) is 2.31. The second-order valence-electron chi connectivity index (χ2n) is 3.50. The minimum atomic E-state index is -0.590. The molecule has 0 amide bonds. The molecule has 0 fully saturated rings. The lowest BCUT2D eigenvalue weighted by atomic mass is 10.1. The SMILES string of the molecule is COC(=O)c1cc(F)cc(-c2ccc(C#N)s2)c1. The Hall–Kier alpha value is -2.19. The number of carbonyl (C=O) groups is 1. The number of benzene rings is 1. The van der Waals surface area contributed by atoms with Crippen LogP contribution in [0.1, 0.15) is 15.2 Å². The zero-order chi connectivity index (χ0) is 13.1. The van der Waals surface area contributed by atoms with Crippen LogP contribution in [0.3, 0.4) is 0 Å². The van der Waals surface area contributed by atoms with E-state index in [1.54, 1.807) is 18.2 Å². The van der Waals surface area contributed by atoms with Gasteiger partial charge in [-0.15, -0.1) is 11.3 Å². The summed E-state index contributed by atoms with van der Waals surface area (Å²) in [7, 11) is 1.24. The van der Waals surface area contributed by atoms with Gasteiger partial charge in [0.15, 0.2) is 0 Å². The third-order valence-electron chi connectivity index (χ3n) is 2.32. The van der Waals surface area contributed by atoms with Gasteiger partial charge in [-0.3, -0.25) is 0 Å². The minimum Gasteiger partial charge on any atom is -0.465 e. The van der Waals surface area contributed by atoms with Gasteiger partial charge >= 0.3 is 5.97 Å². The molecule has 0 saturated carbocycles. The molecule has 0 aliphatic heterocycles. The van der Waals surface area contributed by atoms with Crippen LogP contribution in [-0.4, -0.2) is 13.1 Å². The van der Waals surface area contributed by atoms with Crippen molar-refractivity contribution in [3.05, 3.63) is 46.6 Å². The second kappa shape index (κ2) is 4.98. The maximum Gasteiger partial charge on any atom is 0.337 e. The molecule has 0 radical (unpaired) electrons. The third-order valence-corrected chi connectivity index (χ3v) is 3.36. The lowest BCUT2D eigenvalue weighted by Crippen LogP contribution is -2.01. The molecule has 2 aromatic rings. The molecule has 0 bridgehead atoms. The van der Waals surface area contributed by atoms with Crippen LogP contribution in [0.4, 0.5) is 4.39 Å². The third kappa shape index (κ3) is 2.39. The number of nitrogens with zero attached hydrogens (tertiary/aromatic N) is 1. The highest BCUT2D eigenvalue weighted by molar-refractivity contribution is 7.16. The van der Waals surface area contributed by atoms with Gasteiger partial charge in [0.2, 0.25) is 0 Å². The molecule has 0 aliphatic rings. The summed E-state index contributed by atoms with van der Waals surface area (Å²) in [6.45, 7) is 0. The van der Waals surface area contributed by atoms with Crippen molar-refractivity contribution in [3.63, 3.8) is 0 Å². The van der Waals surface area contributed by atoms with Crippen LogP contribution < -0.4 is 0 Å². The Morgan fingerprint density at radius 3 is 2.78 bits per heavy atom. The van der Waals surface area contributed by atoms with Crippen LogP contribution in [0, 0.1) is 17.1 Å². The van der Waals surface area contributed by atoms with Gasteiger partial charge in [-0.25, -0.2) is 9.18 Å². The zero-order valence-corrected chi connectivity index (χ0v) is 10.3. The van der Waals surface area contributed by atoms with Crippen molar-refractivity contribution in [2.75, 3.05) is 7.11 Å². The van der Waals surface area contributed by atoms with E-state index in [0.29, 0.717) is 10.4 Å². The molecule has 1 aromatic heterocycles. The molecule has 90 valence electrons. The van der Waals surface area contributed by atoms with Crippen LogP contribution in [0.5, 0.6) is 0 Å². The van der Waals surface area contributed by atoms with Crippen molar-refractivity contribution in [2.45, 2.75) is 0 Å². The molecule has 0 saturated heterocycles. The molecule has 0 aliphatic carbocycles. The van der Waals surface area contributed by atoms with E-state index in [1.807, 2.05) is 6.07 Å². The van der Waals surface area contributed by atoms with E-state index in [-0.39, 0.29) is 5.56 Å². The number of hydrogen-bond acceptors (Lipinski definition) is 4. The summed E-state index contributed by atoms with van der Waals surface area (Å²) < 4.78 is 18.0. The highest BCUT2D eigenvalue weighted by atomic mass is 32.1. The number of carbonyl (C=O) groups excluding carboxylic acids is 1. The first-order chi connectivity index (χ1) is 8.63. The summed E-state index contributed by atoms with van der Waals surface area (Å²) in [6.07, 6.45) is 0. The Morgan fingerprint density at radius 2 is 2.17 bits per heavy atom. The average Bonchev–Trinajstić information content (AvgIpc) is 2.85. The molecule has 5 heteroatoms. The maximum atomic E-state index is 13.4. The fourth-order valence-electron chi connectivity index (χ4n) is 1.52. The number of nitriles is 1. The summed E-state index contributed by atoms with van der Waals surface area (Å²) in [5.41, 5.74) is 0.710. The summed E-state index contributed by atoms with van der Waals surface area (Å²) in [4.78, 5) is 12.6. The van der Waals surface area contributed by atoms with Crippen LogP contribution in [0.25, 0.3) is 10.4 Å². The number of halogens is 1. The molecule has 1 aromatic carbocycles. The maximum absolute atomic E-state index is 13.4. The monoisotopic (exact) mass is 261 g/mol. The number of esters is 1. The Balaban J connectivity index is 2.48. The largest absolute Gasteiger partial charge is 0.465 e. The molecule has 0 spiro atoms.